The smallest absolute Gasteiger partial charge is 0.193 e. The first-order valence-electron chi connectivity index (χ1n) is 11.3. The number of piperazine rings is 1. The first-order chi connectivity index (χ1) is 15.2. The molecule has 0 bridgehead atoms. The van der Waals surface area contributed by atoms with Gasteiger partial charge in [0.25, 0.3) is 0 Å². The van der Waals surface area contributed by atoms with Gasteiger partial charge in [0, 0.05) is 50.7 Å². The van der Waals surface area contributed by atoms with Gasteiger partial charge < -0.3 is 19.9 Å². The quantitative estimate of drug-likeness (QED) is 0.568. The maximum atomic E-state index is 5.55. The zero-order chi connectivity index (χ0) is 21.6. The Kier molecular flexibility index (Phi) is 7.35. The molecule has 0 spiro atoms. The largest absolute Gasteiger partial charge is 0.495 e. The van der Waals surface area contributed by atoms with Crippen LogP contribution in [0.5, 0.6) is 5.75 Å². The molecule has 6 nitrogen and oxygen atoms in total. The molecule has 31 heavy (non-hydrogen) atoms. The fourth-order valence-electron chi connectivity index (χ4n) is 4.99. The highest BCUT2D eigenvalue weighted by molar-refractivity contribution is 7.10. The van der Waals surface area contributed by atoms with E-state index in [4.69, 9.17) is 4.74 Å². The molecule has 2 aliphatic heterocycles. The van der Waals surface area contributed by atoms with Crippen LogP contribution < -0.4 is 15.0 Å². The molecule has 0 radical (unpaired) electrons. The van der Waals surface area contributed by atoms with E-state index in [-0.39, 0.29) is 0 Å². The lowest BCUT2D eigenvalue weighted by Crippen LogP contribution is -2.53. The van der Waals surface area contributed by atoms with Crippen molar-refractivity contribution >= 4 is 23.0 Å². The fourth-order valence-corrected chi connectivity index (χ4v) is 5.97. The van der Waals surface area contributed by atoms with E-state index in [9.17, 15) is 0 Å². The number of nitrogens with one attached hydrogen (secondary N) is 1. The van der Waals surface area contributed by atoms with Gasteiger partial charge in [0.05, 0.1) is 12.8 Å². The van der Waals surface area contributed by atoms with Crippen LogP contribution in [0.4, 0.5) is 5.69 Å². The third-order valence-corrected chi connectivity index (χ3v) is 7.52. The molecule has 2 unspecified atom stereocenters. The summed E-state index contributed by atoms with van der Waals surface area (Å²) in [5.41, 5.74) is 1.18. The van der Waals surface area contributed by atoms with Gasteiger partial charge in [-0.3, -0.25) is 9.89 Å². The molecule has 7 heteroatoms. The van der Waals surface area contributed by atoms with Crippen LogP contribution in [-0.4, -0.2) is 76.2 Å². The van der Waals surface area contributed by atoms with Crippen LogP contribution in [0, 0.1) is 5.92 Å². The molecule has 2 saturated heterocycles. The minimum Gasteiger partial charge on any atom is -0.495 e. The first-order valence-corrected chi connectivity index (χ1v) is 12.2. The molecular weight excluding hydrogens is 406 g/mol. The normalized spacial score (nSPS) is 23.1. The van der Waals surface area contributed by atoms with Crippen molar-refractivity contribution in [3.05, 3.63) is 46.7 Å². The topological polar surface area (TPSA) is 43.3 Å². The Bertz CT molecular complexity index is 847. The van der Waals surface area contributed by atoms with E-state index in [0.29, 0.717) is 12.0 Å². The Balaban J connectivity index is 1.35. The number of ether oxygens (including phenoxy) is 1. The van der Waals surface area contributed by atoms with Crippen LogP contribution in [-0.2, 0) is 0 Å². The zero-order valence-corrected chi connectivity index (χ0v) is 19.8. The molecule has 2 atom stereocenters. The summed E-state index contributed by atoms with van der Waals surface area (Å²) < 4.78 is 5.55. The molecule has 168 valence electrons. The Morgan fingerprint density at radius 3 is 2.65 bits per heavy atom. The van der Waals surface area contributed by atoms with Crippen molar-refractivity contribution < 1.29 is 4.74 Å². The van der Waals surface area contributed by atoms with Crippen molar-refractivity contribution in [3.8, 4) is 5.75 Å². The van der Waals surface area contributed by atoms with Gasteiger partial charge in [-0.1, -0.05) is 18.2 Å². The van der Waals surface area contributed by atoms with Crippen LogP contribution in [0.2, 0.25) is 0 Å². The van der Waals surface area contributed by atoms with Crippen molar-refractivity contribution in [1.82, 2.24) is 15.1 Å². The Hall–Kier alpha value is -2.25. The van der Waals surface area contributed by atoms with Gasteiger partial charge in [0.1, 0.15) is 5.75 Å². The zero-order valence-electron chi connectivity index (χ0n) is 19.0. The molecule has 1 N–H and O–H groups in total. The lowest BCUT2D eigenvalue weighted by atomic mass is 9.88. The van der Waals surface area contributed by atoms with Crippen molar-refractivity contribution in [2.24, 2.45) is 10.9 Å². The lowest BCUT2D eigenvalue weighted by Gasteiger charge is -2.41. The molecule has 4 rings (SSSR count). The molecule has 2 aliphatic rings. The third-order valence-electron chi connectivity index (χ3n) is 6.58. The predicted octanol–water partition coefficient (Wildman–Crippen LogP) is 3.54. The van der Waals surface area contributed by atoms with Gasteiger partial charge in [-0.05, 0) is 55.9 Å². The fraction of sp³-hybridized carbons (Fsp3) is 0.542. The van der Waals surface area contributed by atoms with E-state index in [1.807, 2.05) is 30.5 Å². The molecule has 2 fully saturated rings. The van der Waals surface area contributed by atoms with Crippen LogP contribution in [0.25, 0.3) is 0 Å². The van der Waals surface area contributed by atoms with E-state index in [1.165, 1.54) is 30.0 Å². The molecule has 0 saturated carbocycles. The molecule has 2 aromatic rings. The maximum absolute atomic E-state index is 5.55. The second-order valence-electron chi connectivity index (χ2n) is 8.42. The number of anilines is 1. The van der Waals surface area contributed by atoms with Crippen LogP contribution in [0.3, 0.4) is 0 Å². The molecular formula is C24H35N5OS. The van der Waals surface area contributed by atoms with E-state index in [1.54, 1.807) is 7.11 Å². The Morgan fingerprint density at radius 1 is 1.13 bits per heavy atom. The summed E-state index contributed by atoms with van der Waals surface area (Å²) in [4.78, 5) is 13.4. The number of guanidine groups is 1. The highest BCUT2D eigenvalue weighted by Gasteiger charge is 2.31. The number of aliphatic imine (C=N–C) groups is 1. The van der Waals surface area contributed by atoms with Gasteiger partial charge in [0.15, 0.2) is 5.96 Å². The van der Waals surface area contributed by atoms with Gasteiger partial charge in [-0.25, -0.2) is 0 Å². The SMILES string of the molecule is CN=C(NCC1CCCN(C)C1c1cccs1)N1CCN(c2ccccc2OC)CC1. The average molecular weight is 442 g/mol. The summed E-state index contributed by atoms with van der Waals surface area (Å²) in [6, 6.07) is 13.2. The number of hydrogen-bond acceptors (Lipinski definition) is 5. The number of benzene rings is 1. The number of hydrogen-bond donors (Lipinski definition) is 1. The van der Waals surface area contributed by atoms with Gasteiger partial charge in [-0.2, -0.15) is 0 Å². The minimum atomic E-state index is 0.502. The van der Waals surface area contributed by atoms with E-state index < -0.39 is 0 Å². The van der Waals surface area contributed by atoms with E-state index in [2.05, 4.69) is 61.7 Å². The molecule has 1 aromatic carbocycles. The van der Waals surface area contributed by atoms with Crippen molar-refractivity contribution in [2.75, 3.05) is 65.4 Å². The second kappa shape index (κ2) is 10.4. The molecule has 3 heterocycles. The first kappa shape index (κ1) is 22.0. The monoisotopic (exact) mass is 441 g/mol. The van der Waals surface area contributed by atoms with Crippen LogP contribution >= 0.6 is 11.3 Å². The molecule has 1 aromatic heterocycles. The summed E-state index contributed by atoms with van der Waals surface area (Å²) in [5, 5.41) is 5.91. The van der Waals surface area contributed by atoms with Crippen molar-refractivity contribution in [2.45, 2.75) is 18.9 Å². The van der Waals surface area contributed by atoms with E-state index in [0.717, 1.165) is 44.4 Å². The average Bonchev–Trinajstić information content (AvgIpc) is 3.34. The summed E-state index contributed by atoms with van der Waals surface area (Å²) in [6.07, 6.45) is 2.53. The van der Waals surface area contributed by atoms with Gasteiger partial charge in [0.2, 0.25) is 0 Å². The predicted molar refractivity (Wildman–Crippen MR) is 131 cm³/mol. The number of methoxy groups -OCH3 is 1. The highest BCUT2D eigenvalue weighted by atomic mass is 32.1. The van der Waals surface area contributed by atoms with Gasteiger partial charge in [-0.15, -0.1) is 11.3 Å². The number of para-hydroxylation sites is 2. The number of rotatable bonds is 5. The molecule has 0 aliphatic carbocycles. The summed E-state index contributed by atoms with van der Waals surface area (Å²) >= 11 is 1.88. The second-order valence-corrected chi connectivity index (χ2v) is 9.40. The van der Waals surface area contributed by atoms with Crippen LogP contribution in [0.15, 0.2) is 46.8 Å². The number of thiophene rings is 1. The molecule has 0 amide bonds. The van der Waals surface area contributed by atoms with Gasteiger partial charge >= 0.3 is 0 Å². The highest BCUT2D eigenvalue weighted by Crippen LogP contribution is 2.36. The number of likely N-dealkylation sites (tertiary alicyclic amines) is 1. The minimum absolute atomic E-state index is 0.502. The maximum Gasteiger partial charge on any atom is 0.193 e. The van der Waals surface area contributed by atoms with E-state index >= 15 is 0 Å². The summed E-state index contributed by atoms with van der Waals surface area (Å²) in [6.45, 7) is 5.98. The Morgan fingerprint density at radius 2 is 1.94 bits per heavy atom. The third kappa shape index (κ3) is 4.99. The standard InChI is InChI=1S/C24H35N5OS/c1-25-24(26-18-19-8-6-12-27(2)23(19)22-11-7-17-31-22)29-15-13-28(14-16-29)20-9-4-5-10-21(20)30-3/h4-5,7,9-11,17,19,23H,6,8,12-16,18H2,1-3H3,(H,25,26). The summed E-state index contributed by atoms with van der Waals surface area (Å²) in [7, 11) is 5.91. The van der Waals surface area contributed by atoms with Crippen LogP contribution in [0.1, 0.15) is 23.8 Å². The lowest BCUT2D eigenvalue weighted by molar-refractivity contribution is 0.124. The number of nitrogens with zero attached hydrogens (tertiary/aromatic N) is 4. The van der Waals surface area contributed by atoms with Crippen molar-refractivity contribution in [3.63, 3.8) is 0 Å². The summed E-state index contributed by atoms with van der Waals surface area (Å²) in [5.74, 6) is 2.57. The number of piperidine rings is 1. The Labute approximate surface area is 190 Å². The van der Waals surface area contributed by atoms with Crippen molar-refractivity contribution in [1.29, 1.82) is 0 Å².